The minimum Gasteiger partial charge on any atom is -0.394 e. The fourth-order valence-electron chi connectivity index (χ4n) is 5.65. The van der Waals surface area contributed by atoms with E-state index < -0.39 is 12.1 Å². The summed E-state index contributed by atoms with van der Waals surface area (Å²) >= 11 is 0. The molecule has 0 heterocycles. The largest absolute Gasteiger partial charge is 0.394 e. The van der Waals surface area contributed by atoms with Gasteiger partial charge in [-0.15, -0.1) is 0 Å². The van der Waals surface area contributed by atoms with Gasteiger partial charge in [0.2, 0.25) is 5.91 Å². The van der Waals surface area contributed by atoms with Gasteiger partial charge >= 0.3 is 0 Å². The molecule has 0 aromatic heterocycles. The fraction of sp³-hybridized carbons (Fsp3) is 0.919. The van der Waals surface area contributed by atoms with Gasteiger partial charge in [0.15, 0.2) is 0 Å². The number of hydrogen-bond donors (Lipinski definition) is 3. The molecule has 0 spiro atoms. The molecular formula is C37H73NO3. The van der Waals surface area contributed by atoms with Crippen LogP contribution in [0.3, 0.4) is 0 Å². The molecule has 2 atom stereocenters. The number of allylic oxidation sites excluding steroid dienone is 2. The first-order valence-corrected chi connectivity index (χ1v) is 18.4. The number of aliphatic hydroxyl groups excluding tert-OH is 2. The lowest BCUT2D eigenvalue weighted by molar-refractivity contribution is -0.123. The lowest BCUT2D eigenvalue weighted by Crippen LogP contribution is -2.45. The maximum absolute atomic E-state index is 12.3. The summed E-state index contributed by atoms with van der Waals surface area (Å²) in [6.45, 7) is 4.33. The van der Waals surface area contributed by atoms with Crippen molar-refractivity contribution in [3.8, 4) is 0 Å². The summed E-state index contributed by atoms with van der Waals surface area (Å²) < 4.78 is 0. The van der Waals surface area contributed by atoms with Crippen LogP contribution in [0.5, 0.6) is 0 Å². The van der Waals surface area contributed by atoms with Crippen LogP contribution in [0.1, 0.15) is 200 Å². The van der Waals surface area contributed by atoms with E-state index in [2.05, 4.69) is 31.3 Å². The predicted octanol–water partition coefficient (Wildman–Crippen LogP) is 10.7. The summed E-state index contributed by atoms with van der Waals surface area (Å²) in [6, 6.07) is -0.535. The van der Waals surface area contributed by atoms with Crippen molar-refractivity contribution < 1.29 is 15.0 Å². The van der Waals surface area contributed by atoms with Crippen LogP contribution < -0.4 is 5.32 Å². The molecule has 4 heteroatoms. The lowest BCUT2D eigenvalue weighted by Gasteiger charge is -2.22. The summed E-state index contributed by atoms with van der Waals surface area (Å²) in [5.41, 5.74) is 0. The SMILES string of the molecule is CCCCC/C=C\CCCCCCCC(=O)NC(CO)C(O)CCCCCCCCCCCCCCCCCCC. The smallest absolute Gasteiger partial charge is 0.220 e. The van der Waals surface area contributed by atoms with Crippen molar-refractivity contribution in [1.82, 2.24) is 5.32 Å². The molecule has 244 valence electrons. The first-order valence-electron chi connectivity index (χ1n) is 18.4. The highest BCUT2D eigenvalue weighted by molar-refractivity contribution is 5.76. The summed E-state index contributed by atoms with van der Waals surface area (Å²) in [5.74, 6) is -0.0412. The maximum atomic E-state index is 12.3. The van der Waals surface area contributed by atoms with Gasteiger partial charge in [0.1, 0.15) is 0 Å². The van der Waals surface area contributed by atoms with Crippen molar-refractivity contribution in [2.75, 3.05) is 6.61 Å². The molecule has 4 nitrogen and oxygen atoms in total. The van der Waals surface area contributed by atoms with Gasteiger partial charge in [0, 0.05) is 6.42 Å². The van der Waals surface area contributed by atoms with Crippen LogP contribution in [0.15, 0.2) is 12.2 Å². The molecule has 3 N–H and O–H groups in total. The Morgan fingerprint density at radius 1 is 0.561 bits per heavy atom. The number of carbonyl (C=O) groups excluding carboxylic acids is 1. The zero-order valence-electron chi connectivity index (χ0n) is 27.8. The van der Waals surface area contributed by atoms with Crippen LogP contribution in [-0.2, 0) is 4.79 Å². The Balaban J connectivity index is 3.54. The van der Waals surface area contributed by atoms with Crippen molar-refractivity contribution in [1.29, 1.82) is 0 Å². The van der Waals surface area contributed by atoms with Crippen molar-refractivity contribution in [3.05, 3.63) is 12.2 Å². The summed E-state index contributed by atoms with van der Waals surface area (Å²) in [5, 5.41) is 23.0. The van der Waals surface area contributed by atoms with E-state index in [1.54, 1.807) is 0 Å². The highest BCUT2D eigenvalue weighted by atomic mass is 16.3. The van der Waals surface area contributed by atoms with Crippen LogP contribution in [0.25, 0.3) is 0 Å². The molecule has 0 fully saturated rings. The molecule has 2 unspecified atom stereocenters. The maximum Gasteiger partial charge on any atom is 0.220 e. The van der Waals surface area contributed by atoms with Crippen LogP contribution in [-0.4, -0.2) is 34.9 Å². The van der Waals surface area contributed by atoms with Crippen LogP contribution in [0.4, 0.5) is 0 Å². The third-order valence-corrected chi connectivity index (χ3v) is 8.53. The quantitative estimate of drug-likeness (QED) is 0.0535. The molecule has 0 saturated carbocycles. The summed E-state index contributed by atoms with van der Waals surface area (Å²) in [6.07, 6.45) is 39.8. The molecule has 0 aromatic rings. The number of rotatable bonds is 33. The van der Waals surface area contributed by atoms with E-state index in [1.165, 1.54) is 148 Å². The second-order valence-electron chi connectivity index (χ2n) is 12.6. The Labute approximate surface area is 256 Å². The zero-order valence-corrected chi connectivity index (χ0v) is 27.8. The van der Waals surface area contributed by atoms with Gasteiger partial charge in [-0.05, 0) is 38.5 Å². The Bertz CT molecular complexity index is 550. The molecule has 0 rings (SSSR count). The molecule has 0 aliphatic carbocycles. The van der Waals surface area contributed by atoms with Gasteiger partial charge < -0.3 is 15.5 Å². The lowest BCUT2D eigenvalue weighted by atomic mass is 10.0. The highest BCUT2D eigenvalue weighted by Crippen LogP contribution is 2.15. The fourth-order valence-corrected chi connectivity index (χ4v) is 5.65. The third kappa shape index (κ3) is 30.4. The van der Waals surface area contributed by atoms with Crippen LogP contribution >= 0.6 is 0 Å². The van der Waals surface area contributed by atoms with Crippen molar-refractivity contribution in [2.24, 2.45) is 0 Å². The molecule has 0 aliphatic heterocycles. The topological polar surface area (TPSA) is 69.6 Å². The second kappa shape index (κ2) is 33.6. The number of amides is 1. The van der Waals surface area contributed by atoms with E-state index >= 15 is 0 Å². The van der Waals surface area contributed by atoms with Gasteiger partial charge in [-0.2, -0.15) is 0 Å². The number of nitrogens with one attached hydrogen (secondary N) is 1. The molecule has 41 heavy (non-hydrogen) atoms. The second-order valence-corrected chi connectivity index (χ2v) is 12.6. The highest BCUT2D eigenvalue weighted by Gasteiger charge is 2.19. The summed E-state index contributed by atoms with van der Waals surface area (Å²) in [7, 11) is 0. The predicted molar refractivity (Wildman–Crippen MR) is 179 cm³/mol. The van der Waals surface area contributed by atoms with Gasteiger partial charge in [0.25, 0.3) is 0 Å². The molecule has 0 aliphatic rings. The minimum atomic E-state index is -0.657. The molecular weight excluding hydrogens is 506 g/mol. The zero-order chi connectivity index (χ0) is 30.1. The van der Waals surface area contributed by atoms with Gasteiger partial charge in [-0.3, -0.25) is 4.79 Å². The third-order valence-electron chi connectivity index (χ3n) is 8.53. The van der Waals surface area contributed by atoms with E-state index in [0.29, 0.717) is 12.8 Å². The number of unbranched alkanes of at least 4 members (excludes halogenated alkanes) is 24. The number of aliphatic hydroxyl groups is 2. The average molecular weight is 580 g/mol. The standard InChI is InChI=1S/C37H73NO3/c1-3-5-7-9-11-13-15-17-18-19-20-21-22-24-26-28-30-32-36(40)35(34-39)38-37(41)33-31-29-27-25-23-16-14-12-10-8-6-4-2/h12,14,35-36,39-40H,3-11,13,15-34H2,1-2H3,(H,38,41)/b14-12-. The Hall–Kier alpha value is -0.870. The van der Waals surface area contributed by atoms with Gasteiger partial charge in [-0.1, -0.05) is 167 Å². The number of hydrogen-bond acceptors (Lipinski definition) is 3. The number of carbonyl (C=O) groups is 1. The van der Waals surface area contributed by atoms with Gasteiger partial charge in [0.05, 0.1) is 18.8 Å². The van der Waals surface area contributed by atoms with Crippen LogP contribution in [0, 0.1) is 0 Å². The van der Waals surface area contributed by atoms with E-state index in [9.17, 15) is 15.0 Å². The van der Waals surface area contributed by atoms with Crippen LogP contribution in [0.2, 0.25) is 0 Å². The normalized spacial score (nSPS) is 13.2. The first kappa shape index (κ1) is 40.1. The molecule has 0 aromatic carbocycles. The van der Waals surface area contributed by atoms with Gasteiger partial charge in [-0.25, -0.2) is 0 Å². The van der Waals surface area contributed by atoms with Crippen molar-refractivity contribution in [3.63, 3.8) is 0 Å². The summed E-state index contributed by atoms with van der Waals surface area (Å²) in [4.78, 5) is 12.3. The Morgan fingerprint density at radius 3 is 1.39 bits per heavy atom. The van der Waals surface area contributed by atoms with E-state index in [4.69, 9.17) is 0 Å². The molecule has 0 saturated heterocycles. The van der Waals surface area contributed by atoms with E-state index in [-0.39, 0.29) is 12.5 Å². The van der Waals surface area contributed by atoms with E-state index in [0.717, 1.165) is 25.7 Å². The van der Waals surface area contributed by atoms with E-state index in [1.807, 2.05) is 0 Å². The minimum absolute atomic E-state index is 0.0412. The average Bonchev–Trinajstić information content (AvgIpc) is 2.97. The Kier molecular flexibility index (Phi) is 32.9. The Morgan fingerprint density at radius 2 is 0.927 bits per heavy atom. The molecule has 1 amide bonds. The molecule has 0 radical (unpaired) electrons. The molecule has 0 bridgehead atoms. The monoisotopic (exact) mass is 580 g/mol. The van der Waals surface area contributed by atoms with Crippen molar-refractivity contribution in [2.45, 2.75) is 212 Å². The first-order chi connectivity index (χ1) is 20.2. The van der Waals surface area contributed by atoms with Crippen molar-refractivity contribution >= 4 is 5.91 Å².